The molecule has 48 heavy (non-hydrogen) atoms. The molecular formula is C33H39N7O8. The van der Waals surface area contributed by atoms with Gasteiger partial charge in [0.2, 0.25) is 23.6 Å². The van der Waals surface area contributed by atoms with Crippen LogP contribution in [0.5, 0.6) is 0 Å². The van der Waals surface area contributed by atoms with Crippen LogP contribution >= 0.6 is 0 Å². The number of benzene rings is 2. The van der Waals surface area contributed by atoms with Gasteiger partial charge >= 0.3 is 0 Å². The highest BCUT2D eigenvalue weighted by molar-refractivity contribution is 5.96. The second-order valence-corrected chi connectivity index (χ2v) is 11.2. The molecule has 2 aromatic carbocycles. The SMILES string of the molecule is C[C@@H](O)C1NC(=O)c2coc(n2)[C@H](Cc2ccccc2)NC(=O)[C@@H](NC(=O)CCc2nc3ccccc3[nH]2)CCCCNC1=O.O=CO. The van der Waals surface area contributed by atoms with Crippen molar-refractivity contribution in [2.45, 2.75) is 69.7 Å². The van der Waals surface area contributed by atoms with Crippen molar-refractivity contribution >= 4 is 41.1 Å². The summed E-state index contributed by atoms with van der Waals surface area (Å²) < 4.78 is 5.65. The summed E-state index contributed by atoms with van der Waals surface area (Å²) in [5.74, 6) is -1.25. The van der Waals surface area contributed by atoms with Crippen molar-refractivity contribution in [3.63, 3.8) is 0 Å². The van der Waals surface area contributed by atoms with Crippen molar-refractivity contribution in [2.75, 3.05) is 6.54 Å². The predicted molar refractivity (Wildman–Crippen MR) is 172 cm³/mol. The van der Waals surface area contributed by atoms with Gasteiger partial charge in [-0.05, 0) is 43.9 Å². The van der Waals surface area contributed by atoms with E-state index in [0.717, 1.165) is 22.9 Å². The summed E-state index contributed by atoms with van der Waals surface area (Å²) >= 11 is 0. The molecule has 1 aliphatic heterocycles. The van der Waals surface area contributed by atoms with Crippen LogP contribution in [0.4, 0.5) is 0 Å². The van der Waals surface area contributed by atoms with E-state index in [1.807, 2.05) is 54.6 Å². The first-order valence-corrected chi connectivity index (χ1v) is 15.6. The molecule has 2 bridgehead atoms. The van der Waals surface area contributed by atoms with Gasteiger partial charge in [0.15, 0.2) is 5.69 Å². The first-order chi connectivity index (χ1) is 23.2. The Morgan fingerprint density at radius 3 is 2.50 bits per heavy atom. The standard InChI is InChI=1S/C32H37N7O6.CH2O2/c1-19(40)28-31(44)33-16-8-7-13-23(36-27(41)15-14-26-34-21-11-5-6-12-22(21)35-26)29(42)37-24(17-20-9-3-2-4-10-20)32-38-25(18-45-32)30(43)39-28;2-1-3/h2-6,9-12,18-19,23-24,28,40H,7-8,13-17H2,1H3,(H,33,44)(H,34,35)(H,36,41)(H,37,42)(H,39,43);1H,(H,2,3)/t19-,23+,24+,28?;/m1./s1. The minimum absolute atomic E-state index is 0.0810. The van der Waals surface area contributed by atoms with Crippen LogP contribution in [0.25, 0.3) is 11.0 Å². The lowest BCUT2D eigenvalue weighted by Crippen LogP contribution is -2.52. The van der Waals surface area contributed by atoms with E-state index in [-0.39, 0.29) is 36.9 Å². The molecule has 15 nitrogen and oxygen atoms in total. The van der Waals surface area contributed by atoms with Gasteiger partial charge in [0.05, 0.1) is 17.1 Å². The first kappa shape index (κ1) is 35.3. The van der Waals surface area contributed by atoms with Crippen LogP contribution in [0, 0.1) is 0 Å². The topological polar surface area (TPSA) is 229 Å². The number of aliphatic hydroxyl groups excluding tert-OH is 1. The highest BCUT2D eigenvalue weighted by atomic mass is 16.3. The number of oxazole rings is 1. The second kappa shape index (κ2) is 17.4. The monoisotopic (exact) mass is 661 g/mol. The Bertz CT molecular complexity index is 1650. The van der Waals surface area contributed by atoms with E-state index in [4.69, 9.17) is 14.3 Å². The molecule has 0 saturated heterocycles. The van der Waals surface area contributed by atoms with Crippen molar-refractivity contribution in [1.29, 1.82) is 0 Å². The molecule has 0 spiro atoms. The number of aliphatic hydroxyl groups is 1. The number of nitrogens with zero attached hydrogens (tertiary/aromatic N) is 2. The number of carboxylic acid groups (broad SMARTS) is 1. The molecule has 2 aromatic heterocycles. The Hall–Kier alpha value is -5.57. The quantitative estimate of drug-likeness (QED) is 0.141. The number of aromatic amines is 1. The number of carbonyl (C=O) groups excluding carboxylic acids is 4. The van der Waals surface area contributed by atoms with Crippen LogP contribution in [0.2, 0.25) is 0 Å². The Balaban J connectivity index is 0.00000167. The second-order valence-electron chi connectivity index (χ2n) is 11.2. The van der Waals surface area contributed by atoms with Gasteiger partial charge in [-0.3, -0.25) is 24.0 Å². The summed E-state index contributed by atoms with van der Waals surface area (Å²) in [6.07, 6.45) is 2.07. The van der Waals surface area contributed by atoms with Crippen LogP contribution in [0.15, 0.2) is 65.3 Å². The zero-order valence-electron chi connectivity index (χ0n) is 26.3. The minimum atomic E-state index is -1.20. The molecule has 4 atom stereocenters. The lowest BCUT2D eigenvalue weighted by Gasteiger charge is -2.23. The van der Waals surface area contributed by atoms with E-state index in [1.165, 1.54) is 6.92 Å². The molecule has 254 valence electrons. The summed E-state index contributed by atoms with van der Waals surface area (Å²) in [5, 5.41) is 28.1. The van der Waals surface area contributed by atoms with E-state index in [9.17, 15) is 24.3 Å². The van der Waals surface area contributed by atoms with Crippen molar-refractivity contribution in [3.05, 3.63) is 83.8 Å². The summed E-state index contributed by atoms with van der Waals surface area (Å²) in [4.78, 5) is 72.9. The molecule has 0 radical (unpaired) electrons. The molecular weight excluding hydrogens is 622 g/mol. The van der Waals surface area contributed by atoms with E-state index >= 15 is 0 Å². The Morgan fingerprint density at radius 2 is 1.77 bits per heavy atom. The van der Waals surface area contributed by atoms with Gasteiger partial charge in [-0.2, -0.15) is 0 Å². The minimum Gasteiger partial charge on any atom is -0.483 e. The molecule has 4 amide bonds. The number of hydrogen-bond donors (Lipinski definition) is 7. The number of aromatic nitrogens is 3. The van der Waals surface area contributed by atoms with E-state index < -0.39 is 42.0 Å². The van der Waals surface area contributed by atoms with Crippen molar-refractivity contribution in [3.8, 4) is 0 Å². The summed E-state index contributed by atoms with van der Waals surface area (Å²) in [5.41, 5.74) is 2.47. The molecule has 1 unspecified atom stereocenters. The summed E-state index contributed by atoms with van der Waals surface area (Å²) in [6, 6.07) is 14.2. The third-order valence-electron chi connectivity index (χ3n) is 7.60. The lowest BCUT2D eigenvalue weighted by molar-refractivity contribution is -0.129. The molecule has 5 rings (SSSR count). The normalized spacial score (nSPS) is 19.5. The highest BCUT2D eigenvalue weighted by Crippen LogP contribution is 2.20. The fraction of sp³-hybridized carbons (Fsp3) is 0.364. The Labute approximate surface area is 275 Å². The van der Waals surface area contributed by atoms with Crippen molar-refractivity contribution < 1.29 is 38.6 Å². The maximum absolute atomic E-state index is 13.7. The average Bonchev–Trinajstić information content (AvgIpc) is 3.73. The molecule has 15 heteroatoms. The number of rotatable bonds is 7. The van der Waals surface area contributed by atoms with Crippen LogP contribution in [0.3, 0.4) is 0 Å². The number of amides is 4. The number of hydrogen-bond acceptors (Lipinski definition) is 9. The van der Waals surface area contributed by atoms with Gasteiger partial charge in [0, 0.05) is 25.8 Å². The third kappa shape index (κ3) is 9.96. The van der Waals surface area contributed by atoms with Crippen LogP contribution in [0.1, 0.15) is 66.4 Å². The maximum atomic E-state index is 13.7. The van der Waals surface area contributed by atoms with Gasteiger partial charge in [-0.15, -0.1) is 0 Å². The third-order valence-corrected chi connectivity index (χ3v) is 7.60. The number of para-hydroxylation sites is 2. The molecule has 3 heterocycles. The molecule has 4 aromatic rings. The molecule has 0 aliphatic carbocycles. The van der Waals surface area contributed by atoms with E-state index in [0.29, 0.717) is 37.9 Å². The summed E-state index contributed by atoms with van der Waals surface area (Å²) in [7, 11) is 0. The summed E-state index contributed by atoms with van der Waals surface area (Å²) in [6.45, 7) is 1.40. The Morgan fingerprint density at radius 1 is 1.04 bits per heavy atom. The fourth-order valence-electron chi connectivity index (χ4n) is 5.18. The van der Waals surface area contributed by atoms with Gasteiger partial charge < -0.3 is 40.9 Å². The highest BCUT2D eigenvalue weighted by Gasteiger charge is 2.30. The number of aryl methyl sites for hydroxylation is 1. The number of carbonyl (C=O) groups is 5. The van der Waals surface area contributed by atoms with Crippen LogP contribution in [-0.4, -0.2) is 80.0 Å². The fourth-order valence-corrected chi connectivity index (χ4v) is 5.18. The number of nitrogens with one attached hydrogen (secondary N) is 5. The van der Waals surface area contributed by atoms with Crippen LogP contribution in [-0.2, 0) is 32.0 Å². The molecule has 0 fully saturated rings. The van der Waals surface area contributed by atoms with E-state index in [2.05, 4.69) is 36.2 Å². The van der Waals surface area contributed by atoms with E-state index in [1.54, 1.807) is 0 Å². The molecule has 7 N–H and O–H groups in total. The zero-order chi connectivity index (χ0) is 34.5. The van der Waals surface area contributed by atoms with Gasteiger partial charge in [0.25, 0.3) is 12.4 Å². The number of H-pyrrole nitrogens is 1. The maximum Gasteiger partial charge on any atom is 0.290 e. The van der Waals surface area contributed by atoms with Crippen molar-refractivity contribution in [1.82, 2.24) is 36.2 Å². The van der Waals surface area contributed by atoms with Gasteiger partial charge in [-0.1, -0.05) is 42.5 Å². The molecule has 0 saturated carbocycles. The predicted octanol–water partition coefficient (Wildman–Crippen LogP) is 1.55. The zero-order valence-corrected chi connectivity index (χ0v) is 26.3. The smallest absolute Gasteiger partial charge is 0.290 e. The van der Waals surface area contributed by atoms with Gasteiger partial charge in [0.1, 0.15) is 30.2 Å². The van der Waals surface area contributed by atoms with Gasteiger partial charge in [-0.25, -0.2) is 9.97 Å². The van der Waals surface area contributed by atoms with Crippen LogP contribution < -0.4 is 21.3 Å². The number of imidazole rings is 1. The first-order valence-electron chi connectivity index (χ1n) is 15.6. The largest absolute Gasteiger partial charge is 0.483 e. The lowest BCUT2D eigenvalue weighted by atomic mass is 10.0. The Kier molecular flexibility index (Phi) is 12.8. The van der Waals surface area contributed by atoms with Crippen molar-refractivity contribution in [2.24, 2.45) is 0 Å². The number of fused-ring (bicyclic) bond motifs is 3. The average molecular weight is 662 g/mol. The molecule has 1 aliphatic rings.